The van der Waals surface area contributed by atoms with E-state index in [9.17, 15) is 0 Å². The first kappa shape index (κ1) is 14.3. The van der Waals surface area contributed by atoms with Crippen molar-refractivity contribution in [1.29, 1.82) is 0 Å². The second-order valence-corrected chi connectivity index (χ2v) is 6.02. The van der Waals surface area contributed by atoms with E-state index in [1.165, 1.54) is 5.56 Å². The Bertz CT molecular complexity index is 740. The van der Waals surface area contributed by atoms with Crippen LogP contribution in [0.5, 0.6) is 0 Å². The third-order valence-corrected chi connectivity index (χ3v) is 4.44. The average molecular weight is 363 g/mol. The summed E-state index contributed by atoms with van der Waals surface area (Å²) >= 11 is 9.48. The van der Waals surface area contributed by atoms with Crippen molar-refractivity contribution in [3.63, 3.8) is 0 Å². The van der Waals surface area contributed by atoms with Crippen molar-refractivity contribution >= 4 is 27.5 Å². The largest absolute Gasteiger partial charge is 0.330 e. The summed E-state index contributed by atoms with van der Waals surface area (Å²) in [5.41, 5.74) is 2.33. The Balaban J connectivity index is 1.80. The average Bonchev–Trinajstić information content (AvgIpc) is 2.91. The highest BCUT2D eigenvalue weighted by Gasteiger charge is 2.06. The number of hydrogen-bond acceptors (Lipinski definition) is 2. The van der Waals surface area contributed by atoms with Crippen molar-refractivity contribution in [2.24, 2.45) is 0 Å². The van der Waals surface area contributed by atoms with Gasteiger partial charge in [-0.15, -0.1) is 0 Å². The molecule has 0 unspecified atom stereocenters. The molecule has 2 aromatic heterocycles. The lowest BCUT2D eigenvalue weighted by atomic mass is 10.1. The topological polar surface area (TPSA) is 30.7 Å². The van der Waals surface area contributed by atoms with Gasteiger partial charge in [-0.3, -0.25) is 4.98 Å². The number of imidazole rings is 1. The summed E-state index contributed by atoms with van der Waals surface area (Å²) in [7, 11) is 0. The second-order valence-electron chi connectivity index (χ2n) is 4.76. The normalized spacial score (nSPS) is 10.8. The smallest absolute Gasteiger partial charge is 0.113 e. The van der Waals surface area contributed by atoms with E-state index in [-0.39, 0.29) is 0 Å². The Hall–Kier alpha value is -1.65. The Kier molecular flexibility index (Phi) is 4.36. The van der Waals surface area contributed by atoms with Crippen LogP contribution in [0, 0.1) is 0 Å². The van der Waals surface area contributed by atoms with Gasteiger partial charge in [-0.05, 0) is 45.3 Å². The Morgan fingerprint density at radius 2 is 2.05 bits per heavy atom. The molecule has 0 spiro atoms. The van der Waals surface area contributed by atoms with Gasteiger partial charge >= 0.3 is 0 Å². The molecule has 0 aliphatic carbocycles. The van der Waals surface area contributed by atoms with Gasteiger partial charge in [0.2, 0.25) is 0 Å². The van der Waals surface area contributed by atoms with Crippen molar-refractivity contribution in [1.82, 2.24) is 14.5 Å². The van der Waals surface area contributed by atoms with Crippen LogP contribution < -0.4 is 0 Å². The first-order valence-corrected chi connectivity index (χ1v) is 7.72. The first-order chi connectivity index (χ1) is 10.2. The predicted molar refractivity (Wildman–Crippen MR) is 87.5 cm³/mol. The van der Waals surface area contributed by atoms with Crippen LogP contribution in [0.3, 0.4) is 0 Å². The molecule has 3 rings (SSSR count). The van der Waals surface area contributed by atoms with Crippen LogP contribution in [-0.4, -0.2) is 14.5 Å². The molecule has 0 bridgehead atoms. The molecule has 0 saturated heterocycles. The molecule has 3 nitrogen and oxygen atoms in total. The minimum Gasteiger partial charge on any atom is -0.330 e. The van der Waals surface area contributed by atoms with E-state index in [1.807, 2.05) is 42.9 Å². The minimum absolute atomic E-state index is 0.720. The molecule has 0 aliphatic rings. The summed E-state index contributed by atoms with van der Waals surface area (Å²) in [5, 5.41) is 0.720. The van der Waals surface area contributed by atoms with Gasteiger partial charge in [0.15, 0.2) is 0 Å². The lowest BCUT2D eigenvalue weighted by Gasteiger charge is -2.08. The zero-order valence-electron chi connectivity index (χ0n) is 11.2. The van der Waals surface area contributed by atoms with Gasteiger partial charge in [-0.25, -0.2) is 4.98 Å². The lowest BCUT2D eigenvalue weighted by molar-refractivity contribution is 0.738. The van der Waals surface area contributed by atoms with Crippen LogP contribution in [0.4, 0.5) is 0 Å². The van der Waals surface area contributed by atoms with E-state index < -0.39 is 0 Å². The van der Waals surface area contributed by atoms with Gasteiger partial charge in [0, 0.05) is 35.7 Å². The second kappa shape index (κ2) is 6.41. The fraction of sp³-hybridized carbons (Fsp3) is 0.125. The third-order valence-electron chi connectivity index (χ3n) is 3.22. The highest BCUT2D eigenvalue weighted by molar-refractivity contribution is 9.10. The highest BCUT2D eigenvalue weighted by Crippen LogP contribution is 2.24. The number of nitrogens with zero attached hydrogens (tertiary/aromatic N) is 3. The van der Waals surface area contributed by atoms with E-state index in [1.54, 1.807) is 6.20 Å². The van der Waals surface area contributed by atoms with E-state index in [4.69, 9.17) is 11.6 Å². The van der Waals surface area contributed by atoms with Crippen molar-refractivity contribution in [2.45, 2.75) is 13.0 Å². The monoisotopic (exact) mass is 361 g/mol. The van der Waals surface area contributed by atoms with Gasteiger partial charge < -0.3 is 4.57 Å². The van der Waals surface area contributed by atoms with E-state index >= 15 is 0 Å². The fourth-order valence-electron chi connectivity index (χ4n) is 2.17. The Morgan fingerprint density at radius 3 is 2.81 bits per heavy atom. The van der Waals surface area contributed by atoms with Crippen molar-refractivity contribution < 1.29 is 0 Å². The fourth-order valence-corrected chi connectivity index (χ4v) is 2.72. The Labute approximate surface area is 136 Å². The molecule has 0 saturated carbocycles. The SMILES string of the molecule is Clc1ccc(Cc2nccn2Cc2cccnc2)cc1Br. The molecule has 106 valence electrons. The summed E-state index contributed by atoms with van der Waals surface area (Å²) in [6.07, 6.45) is 8.25. The summed E-state index contributed by atoms with van der Waals surface area (Å²) in [4.78, 5) is 8.60. The van der Waals surface area contributed by atoms with Crippen molar-refractivity contribution in [3.8, 4) is 0 Å². The number of rotatable bonds is 4. The predicted octanol–water partition coefficient (Wildman–Crippen LogP) is 4.33. The quantitative estimate of drug-likeness (QED) is 0.691. The minimum atomic E-state index is 0.720. The maximum atomic E-state index is 6.03. The first-order valence-electron chi connectivity index (χ1n) is 6.55. The van der Waals surface area contributed by atoms with Crippen LogP contribution in [0.1, 0.15) is 17.0 Å². The number of benzene rings is 1. The molecule has 3 aromatic rings. The summed E-state index contributed by atoms with van der Waals surface area (Å²) in [6.45, 7) is 0.776. The summed E-state index contributed by atoms with van der Waals surface area (Å²) in [6, 6.07) is 9.97. The van der Waals surface area contributed by atoms with Gasteiger partial charge in [-0.1, -0.05) is 23.7 Å². The number of halogens is 2. The molecule has 2 heterocycles. The molecular formula is C16H13BrClN3. The van der Waals surface area contributed by atoms with Crippen molar-refractivity contribution in [3.05, 3.63) is 81.6 Å². The zero-order valence-corrected chi connectivity index (χ0v) is 13.5. The molecule has 0 amide bonds. The van der Waals surface area contributed by atoms with Gasteiger partial charge in [0.1, 0.15) is 5.82 Å². The molecule has 0 fully saturated rings. The number of hydrogen-bond donors (Lipinski definition) is 0. The molecule has 0 aliphatic heterocycles. The molecule has 5 heteroatoms. The third kappa shape index (κ3) is 3.52. The maximum absolute atomic E-state index is 6.03. The molecule has 0 radical (unpaired) electrons. The standard InChI is InChI=1S/C16H13BrClN3/c17-14-8-12(3-4-15(14)18)9-16-20-6-7-21(16)11-13-2-1-5-19-10-13/h1-8,10H,9,11H2. The lowest BCUT2D eigenvalue weighted by Crippen LogP contribution is -2.05. The van der Waals surface area contributed by atoms with E-state index in [0.717, 1.165) is 33.8 Å². The van der Waals surface area contributed by atoms with Crippen LogP contribution in [0.25, 0.3) is 0 Å². The van der Waals surface area contributed by atoms with E-state index in [2.05, 4.69) is 36.5 Å². The van der Waals surface area contributed by atoms with Crippen LogP contribution >= 0.6 is 27.5 Å². The van der Waals surface area contributed by atoms with Gasteiger partial charge in [0.05, 0.1) is 11.6 Å². The number of aromatic nitrogens is 3. The maximum Gasteiger partial charge on any atom is 0.113 e. The van der Waals surface area contributed by atoms with Crippen molar-refractivity contribution in [2.75, 3.05) is 0 Å². The van der Waals surface area contributed by atoms with Crippen LogP contribution in [0.15, 0.2) is 59.6 Å². The van der Waals surface area contributed by atoms with Crippen LogP contribution in [-0.2, 0) is 13.0 Å². The molecule has 1 aromatic carbocycles. The molecule has 0 atom stereocenters. The summed E-state index contributed by atoms with van der Waals surface area (Å²) in [5.74, 6) is 1.02. The van der Waals surface area contributed by atoms with E-state index in [0.29, 0.717) is 0 Å². The highest BCUT2D eigenvalue weighted by atomic mass is 79.9. The van der Waals surface area contributed by atoms with Gasteiger partial charge in [-0.2, -0.15) is 0 Å². The molecule has 0 N–H and O–H groups in total. The molecular weight excluding hydrogens is 350 g/mol. The van der Waals surface area contributed by atoms with Crippen LogP contribution in [0.2, 0.25) is 5.02 Å². The molecule has 21 heavy (non-hydrogen) atoms. The summed E-state index contributed by atoms with van der Waals surface area (Å²) < 4.78 is 3.05. The zero-order chi connectivity index (χ0) is 14.7. The number of pyridine rings is 1. The van der Waals surface area contributed by atoms with Gasteiger partial charge in [0.25, 0.3) is 0 Å². The Morgan fingerprint density at radius 1 is 1.14 bits per heavy atom.